The predicted octanol–water partition coefficient (Wildman–Crippen LogP) is 3.56. The summed E-state index contributed by atoms with van der Waals surface area (Å²) in [5.74, 6) is -0.558. The van der Waals surface area contributed by atoms with Gasteiger partial charge in [0.15, 0.2) is 0 Å². The van der Waals surface area contributed by atoms with Crippen LogP contribution in [0.15, 0.2) is 24.4 Å². The van der Waals surface area contributed by atoms with Crippen LogP contribution in [0, 0.1) is 0 Å². The Hall–Kier alpha value is -2.39. The number of ether oxygens (including phenoxy) is 2. The van der Waals surface area contributed by atoms with Crippen molar-refractivity contribution in [2.75, 3.05) is 51.3 Å². The quantitative estimate of drug-likeness (QED) is 0.555. The van der Waals surface area contributed by atoms with E-state index in [0.29, 0.717) is 17.6 Å². The van der Waals surface area contributed by atoms with Gasteiger partial charge in [-0.1, -0.05) is 6.07 Å². The number of benzene rings is 1. The highest BCUT2D eigenvalue weighted by Gasteiger charge is 2.31. The highest BCUT2D eigenvalue weighted by atomic mass is 19.4. The fourth-order valence-corrected chi connectivity index (χ4v) is 3.26. The van der Waals surface area contributed by atoms with Crippen molar-refractivity contribution in [2.45, 2.75) is 19.5 Å². The molecular formula is C20H24F3N3O3. The standard InChI is InChI=1S/C20H24F3N3O3/c1-2-29-19(27)16-13-25-17-12-14(20(21,22)23)4-5-15(17)18(16)24-6-3-7-26-8-10-28-11-9-26/h4-5,12-13H,2-3,6-11H2,1H3,(H,24,25). The molecule has 158 valence electrons. The second kappa shape index (κ2) is 9.41. The first-order valence-electron chi connectivity index (χ1n) is 9.61. The molecule has 0 atom stereocenters. The molecule has 0 bridgehead atoms. The van der Waals surface area contributed by atoms with Crippen LogP contribution in [0.3, 0.4) is 0 Å². The van der Waals surface area contributed by atoms with Crippen LogP contribution >= 0.6 is 0 Å². The van der Waals surface area contributed by atoms with Gasteiger partial charge in [0.05, 0.1) is 36.6 Å². The lowest BCUT2D eigenvalue weighted by Crippen LogP contribution is -2.37. The Kier molecular flexibility index (Phi) is 6.92. The zero-order valence-corrected chi connectivity index (χ0v) is 16.2. The maximum Gasteiger partial charge on any atom is 0.416 e. The zero-order valence-electron chi connectivity index (χ0n) is 16.2. The molecule has 9 heteroatoms. The van der Waals surface area contributed by atoms with E-state index in [2.05, 4.69) is 15.2 Å². The smallest absolute Gasteiger partial charge is 0.416 e. The number of carbonyl (C=O) groups excluding carboxylic acids is 1. The Morgan fingerprint density at radius 2 is 2.07 bits per heavy atom. The van der Waals surface area contributed by atoms with Gasteiger partial charge in [-0.3, -0.25) is 9.88 Å². The van der Waals surface area contributed by atoms with Crippen molar-refractivity contribution in [1.29, 1.82) is 0 Å². The molecule has 0 saturated carbocycles. The molecule has 1 N–H and O–H groups in total. The molecule has 0 aliphatic carbocycles. The Balaban J connectivity index is 1.82. The van der Waals surface area contributed by atoms with Crippen LogP contribution in [0.1, 0.15) is 29.3 Å². The molecule has 6 nitrogen and oxygen atoms in total. The topological polar surface area (TPSA) is 63.7 Å². The van der Waals surface area contributed by atoms with E-state index >= 15 is 0 Å². The van der Waals surface area contributed by atoms with Crippen LogP contribution in [-0.2, 0) is 15.7 Å². The van der Waals surface area contributed by atoms with Gasteiger partial charge in [0.25, 0.3) is 0 Å². The number of nitrogens with zero attached hydrogens (tertiary/aromatic N) is 2. The number of nitrogens with one attached hydrogen (secondary N) is 1. The van der Waals surface area contributed by atoms with Crippen LogP contribution in [0.4, 0.5) is 18.9 Å². The van der Waals surface area contributed by atoms with Crippen LogP contribution in [0.5, 0.6) is 0 Å². The Bertz CT molecular complexity index is 852. The van der Waals surface area contributed by atoms with Crippen molar-refractivity contribution in [1.82, 2.24) is 9.88 Å². The average Bonchev–Trinajstić information content (AvgIpc) is 2.71. The fourth-order valence-electron chi connectivity index (χ4n) is 3.26. The maximum atomic E-state index is 13.0. The third-order valence-corrected chi connectivity index (χ3v) is 4.75. The van der Waals surface area contributed by atoms with Gasteiger partial charge in [0, 0.05) is 31.2 Å². The Labute approximate surface area is 167 Å². The van der Waals surface area contributed by atoms with Crippen LogP contribution in [0.25, 0.3) is 10.9 Å². The summed E-state index contributed by atoms with van der Waals surface area (Å²) in [6.45, 7) is 6.51. The molecule has 2 aromatic rings. The van der Waals surface area contributed by atoms with Gasteiger partial charge in [-0.25, -0.2) is 4.79 Å². The van der Waals surface area contributed by atoms with Crippen molar-refractivity contribution < 1.29 is 27.4 Å². The van der Waals surface area contributed by atoms with Crippen molar-refractivity contribution >= 4 is 22.6 Å². The molecule has 1 aromatic heterocycles. The van der Waals surface area contributed by atoms with Crippen molar-refractivity contribution in [3.8, 4) is 0 Å². The van der Waals surface area contributed by atoms with Gasteiger partial charge in [-0.05, 0) is 32.0 Å². The highest BCUT2D eigenvalue weighted by molar-refractivity contribution is 6.05. The Morgan fingerprint density at radius 1 is 1.31 bits per heavy atom. The van der Waals surface area contributed by atoms with Crippen LogP contribution in [-0.4, -0.2) is 61.9 Å². The molecule has 3 rings (SSSR count). The summed E-state index contributed by atoms with van der Waals surface area (Å²) in [6.07, 6.45) is -2.38. The molecule has 0 spiro atoms. The minimum atomic E-state index is -4.46. The van der Waals surface area contributed by atoms with E-state index in [1.54, 1.807) is 6.92 Å². The first-order chi connectivity index (χ1) is 13.9. The number of hydrogen-bond acceptors (Lipinski definition) is 6. The van der Waals surface area contributed by atoms with Gasteiger partial charge in [-0.15, -0.1) is 0 Å². The lowest BCUT2D eigenvalue weighted by atomic mass is 10.1. The van der Waals surface area contributed by atoms with Gasteiger partial charge in [0.1, 0.15) is 5.56 Å². The summed E-state index contributed by atoms with van der Waals surface area (Å²) in [5.41, 5.74) is 0.0536. The third kappa shape index (κ3) is 5.36. The Morgan fingerprint density at radius 3 is 2.76 bits per heavy atom. The number of rotatable bonds is 7. The van der Waals surface area contributed by atoms with E-state index in [4.69, 9.17) is 9.47 Å². The average molecular weight is 411 g/mol. The van der Waals surface area contributed by atoms with E-state index in [1.165, 1.54) is 12.3 Å². The number of pyridine rings is 1. The van der Waals surface area contributed by atoms with Crippen molar-refractivity contribution in [3.63, 3.8) is 0 Å². The highest BCUT2D eigenvalue weighted by Crippen LogP contribution is 2.34. The van der Waals surface area contributed by atoms with Gasteiger partial charge in [0.2, 0.25) is 0 Å². The van der Waals surface area contributed by atoms with Crippen molar-refractivity contribution in [2.24, 2.45) is 0 Å². The molecule has 1 aliphatic heterocycles. The number of halogens is 3. The number of anilines is 1. The number of hydrogen-bond donors (Lipinski definition) is 1. The summed E-state index contributed by atoms with van der Waals surface area (Å²) in [5, 5.41) is 3.67. The van der Waals surface area contributed by atoms with Crippen LogP contribution < -0.4 is 5.32 Å². The summed E-state index contributed by atoms with van der Waals surface area (Å²) in [7, 11) is 0. The molecule has 1 aliphatic rings. The second-order valence-electron chi connectivity index (χ2n) is 6.73. The van der Waals surface area contributed by atoms with E-state index in [1.807, 2.05) is 0 Å². The van der Waals surface area contributed by atoms with E-state index < -0.39 is 17.7 Å². The van der Waals surface area contributed by atoms with Crippen LogP contribution in [0.2, 0.25) is 0 Å². The molecule has 1 aromatic carbocycles. The fraction of sp³-hybridized carbons (Fsp3) is 0.500. The van der Waals surface area contributed by atoms with Crippen molar-refractivity contribution in [3.05, 3.63) is 35.5 Å². The van der Waals surface area contributed by atoms with Gasteiger partial charge in [-0.2, -0.15) is 13.2 Å². The summed E-state index contributed by atoms with van der Waals surface area (Å²) >= 11 is 0. The van der Waals surface area contributed by atoms with Gasteiger partial charge < -0.3 is 14.8 Å². The summed E-state index contributed by atoms with van der Waals surface area (Å²) in [4.78, 5) is 18.7. The van der Waals surface area contributed by atoms with E-state index in [0.717, 1.165) is 51.4 Å². The molecule has 1 saturated heterocycles. The number of carbonyl (C=O) groups is 1. The molecular weight excluding hydrogens is 387 g/mol. The van der Waals surface area contributed by atoms with Gasteiger partial charge >= 0.3 is 12.1 Å². The molecule has 29 heavy (non-hydrogen) atoms. The number of morpholine rings is 1. The molecule has 0 amide bonds. The first-order valence-corrected chi connectivity index (χ1v) is 9.61. The lowest BCUT2D eigenvalue weighted by molar-refractivity contribution is -0.137. The number of esters is 1. The monoisotopic (exact) mass is 411 g/mol. The molecule has 0 unspecified atom stereocenters. The zero-order chi connectivity index (χ0) is 20.9. The largest absolute Gasteiger partial charge is 0.462 e. The second-order valence-corrected chi connectivity index (χ2v) is 6.73. The molecule has 1 fully saturated rings. The molecule has 0 radical (unpaired) electrons. The SMILES string of the molecule is CCOC(=O)c1cnc2cc(C(F)(F)F)ccc2c1NCCCN1CCOCC1. The molecule has 2 heterocycles. The maximum absolute atomic E-state index is 13.0. The minimum Gasteiger partial charge on any atom is -0.462 e. The lowest BCUT2D eigenvalue weighted by Gasteiger charge is -2.26. The van der Waals surface area contributed by atoms with E-state index in [9.17, 15) is 18.0 Å². The summed E-state index contributed by atoms with van der Waals surface area (Å²) < 4.78 is 49.5. The number of fused-ring (bicyclic) bond motifs is 1. The first kappa shape index (κ1) is 21.3. The predicted molar refractivity (Wildman–Crippen MR) is 103 cm³/mol. The number of alkyl halides is 3. The normalized spacial score (nSPS) is 15.4. The summed E-state index contributed by atoms with van der Waals surface area (Å²) in [6, 6.07) is 3.33. The third-order valence-electron chi connectivity index (χ3n) is 4.75. The number of aromatic nitrogens is 1. The van der Waals surface area contributed by atoms with E-state index in [-0.39, 0.29) is 17.7 Å². The minimum absolute atomic E-state index is 0.170.